The average Bonchev–Trinajstić information content (AvgIpc) is 2.68. The van der Waals surface area contributed by atoms with Gasteiger partial charge in [-0.1, -0.05) is 36.4 Å². The van der Waals surface area contributed by atoms with Crippen molar-refractivity contribution in [2.24, 2.45) is 0 Å². The topological polar surface area (TPSA) is 62.1 Å². The standard InChI is InChI=1S/C23H20N2O2/c1-16-4-3-5-21(14-16)25-23(26)17(2)27-22-12-10-20(11-13-22)19-8-6-18(15-24)7-9-19/h3-14,17H,1-2H3,(H,25,26). The zero-order valence-electron chi connectivity index (χ0n) is 15.3. The molecule has 3 aromatic carbocycles. The molecule has 1 unspecified atom stereocenters. The first kappa shape index (κ1) is 18.2. The summed E-state index contributed by atoms with van der Waals surface area (Å²) in [5.41, 5.74) is 4.51. The largest absolute Gasteiger partial charge is 0.481 e. The van der Waals surface area contributed by atoms with Gasteiger partial charge in [0.05, 0.1) is 11.6 Å². The number of anilines is 1. The van der Waals surface area contributed by atoms with Gasteiger partial charge < -0.3 is 10.1 Å². The second kappa shape index (κ2) is 8.20. The molecule has 0 heterocycles. The van der Waals surface area contributed by atoms with Gasteiger partial charge in [-0.3, -0.25) is 4.79 Å². The van der Waals surface area contributed by atoms with E-state index in [1.165, 1.54) is 0 Å². The predicted molar refractivity (Wildman–Crippen MR) is 106 cm³/mol. The fourth-order valence-corrected chi connectivity index (χ4v) is 2.69. The van der Waals surface area contributed by atoms with Gasteiger partial charge in [0.25, 0.3) is 5.91 Å². The van der Waals surface area contributed by atoms with Crippen molar-refractivity contribution in [2.45, 2.75) is 20.0 Å². The van der Waals surface area contributed by atoms with Crippen LogP contribution >= 0.6 is 0 Å². The maximum absolute atomic E-state index is 12.3. The lowest BCUT2D eigenvalue weighted by molar-refractivity contribution is -0.122. The molecule has 1 amide bonds. The molecule has 4 heteroatoms. The van der Waals surface area contributed by atoms with Gasteiger partial charge in [0.2, 0.25) is 0 Å². The van der Waals surface area contributed by atoms with E-state index in [-0.39, 0.29) is 5.91 Å². The minimum atomic E-state index is -0.619. The molecule has 0 aliphatic carbocycles. The number of hydrogen-bond donors (Lipinski definition) is 1. The molecule has 4 nitrogen and oxygen atoms in total. The SMILES string of the molecule is Cc1cccc(NC(=O)C(C)Oc2ccc(-c3ccc(C#N)cc3)cc2)c1. The lowest BCUT2D eigenvalue weighted by Crippen LogP contribution is -2.30. The molecule has 3 aromatic rings. The van der Waals surface area contributed by atoms with Crippen LogP contribution in [0.15, 0.2) is 72.8 Å². The number of nitrogens with zero attached hydrogens (tertiary/aromatic N) is 1. The molecule has 27 heavy (non-hydrogen) atoms. The second-order valence-corrected chi connectivity index (χ2v) is 6.33. The van der Waals surface area contributed by atoms with Gasteiger partial charge in [-0.05, 0) is 66.9 Å². The molecule has 1 N–H and O–H groups in total. The van der Waals surface area contributed by atoms with E-state index in [0.29, 0.717) is 11.3 Å². The number of hydrogen-bond acceptors (Lipinski definition) is 3. The van der Waals surface area contributed by atoms with Crippen molar-refractivity contribution in [3.8, 4) is 22.9 Å². The highest BCUT2D eigenvalue weighted by Crippen LogP contribution is 2.23. The summed E-state index contributed by atoms with van der Waals surface area (Å²) >= 11 is 0. The number of benzene rings is 3. The van der Waals surface area contributed by atoms with Crippen LogP contribution in [-0.4, -0.2) is 12.0 Å². The van der Waals surface area contributed by atoms with Crippen LogP contribution in [0.25, 0.3) is 11.1 Å². The summed E-state index contributed by atoms with van der Waals surface area (Å²) in [6, 6.07) is 24.7. The number of carbonyl (C=O) groups excluding carboxylic acids is 1. The Kier molecular flexibility index (Phi) is 5.53. The summed E-state index contributed by atoms with van der Waals surface area (Å²) in [6.45, 7) is 3.70. The van der Waals surface area contributed by atoms with Gasteiger partial charge in [-0.2, -0.15) is 5.26 Å². The van der Waals surface area contributed by atoms with Gasteiger partial charge in [0.15, 0.2) is 6.10 Å². The highest BCUT2D eigenvalue weighted by molar-refractivity contribution is 5.94. The van der Waals surface area contributed by atoms with Crippen LogP contribution in [0.5, 0.6) is 5.75 Å². The summed E-state index contributed by atoms with van der Waals surface area (Å²) < 4.78 is 5.75. The van der Waals surface area contributed by atoms with Crippen LogP contribution in [0, 0.1) is 18.3 Å². The molecule has 0 saturated carbocycles. The van der Waals surface area contributed by atoms with E-state index >= 15 is 0 Å². The van der Waals surface area contributed by atoms with E-state index in [0.717, 1.165) is 22.4 Å². The molecule has 1 atom stereocenters. The zero-order chi connectivity index (χ0) is 19.2. The van der Waals surface area contributed by atoms with Crippen molar-refractivity contribution in [1.29, 1.82) is 5.26 Å². The molecule has 0 fully saturated rings. The zero-order valence-corrected chi connectivity index (χ0v) is 15.3. The normalized spacial score (nSPS) is 11.3. The Labute approximate surface area is 159 Å². The molecule has 0 spiro atoms. The van der Waals surface area contributed by atoms with Crippen molar-refractivity contribution >= 4 is 11.6 Å². The van der Waals surface area contributed by atoms with E-state index in [1.807, 2.05) is 67.6 Å². The minimum Gasteiger partial charge on any atom is -0.481 e. The van der Waals surface area contributed by atoms with E-state index in [2.05, 4.69) is 11.4 Å². The number of amides is 1. The minimum absolute atomic E-state index is 0.197. The van der Waals surface area contributed by atoms with Crippen LogP contribution in [-0.2, 0) is 4.79 Å². The molecule has 0 aliphatic rings. The average molecular weight is 356 g/mol. The lowest BCUT2D eigenvalue weighted by atomic mass is 10.0. The molecule has 0 bridgehead atoms. The third-order valence-electron chi connectivity index (χ3n) is 4.17. The smallest absolute Gasteiger partial charge is 0.265 e. The third kappa shape index (κ3) is 4.74. The number of aryl methyl sites for hydroxylation is 1. The van der Waals surface area contributed by atoms with E-state index in [4.69, 9.17) is 10.00 Å². The highest BCUT2D eigenvalue weighted by Gasteiger charge is 2.15. The number of nitrogens with one attached hydrogen (secondary N) is 1. The van der Waals surface area contributed by atoms with Crippen molar-refractivity contribution in [1.82, 2.24) is 0 Å². The Balaban J connectivity index is 1.63. The predicted octanol–water partition coefficient (Wildman–Crippen LogP) is 4.94. The van der Waals surface area contributed by atoms with E-state index < -0.39 is 6.10 Å². The first-order valence-corrected chi connectivity index (χ1v) is 8.70. The maximum atomic E-state index is 12.3. The van der Waals surface area contributed by atoms with Crippen LogP contribution in [0.2, 0.25) is 0 Å². The number of ether oxygens (including phenoxy) is 1. The Morgan fingerprint density at radius 1 is 1.00 bits per heavy atom. The summed E-state index contributed by atoms with van der Waals surface area (Å²) in [5, 5.41) is 11.7. The quantitative estimate of drug-likeness (QED) is 0.704. The van der Waals surface area contributed by atoms with Crippen LogP contribution in [0.1, 0.15) is 18.1 Å². The Morgan fingerprint density at radius 2 is 1.63 bits per heavy atom. The highest BCUT2D eigenvalue weighted by atomic mass is 16.5. The monoisotopic (exact) mass is 356 g/mol. The van der Waals surface area contributed by atoms with Gasteiger partial charge in [0.1, 0.15) is 5.75 Å². The van der Waals surface area contributed by atoms with Crippen LogP contribution in [0.3, 0.4) is 0 Å². The first-order chi connectivity index (χ1) is 13.0. The second-order valence-electron chi connectivity index (χ2n) is 6.33. The molecule has 134 valence electrons. The van der Waals surface area contributed by atoms with Crippen molar-refractivity contribution < 1.29 is 9.53 Å². The van der Waals surface area contributed by atoms with Gasteiger partial charge in [-0.25, -0.2) is 0 Å². The molecule has 0 saturated heterocycles. The maximum Gasteiger partial charge on any atom is 0.265 e. The summed E-state index contributed by atoms with van der Waals surface area (Å²) in [6.07, 6.45) is -0.619. The fourth-order valence-electron chi connectivity index (χ4n) is 2.69. The summed E-state index contributed by atoms with van der Waals surface area (Å²) in [4.78, 5) is 12.3. The van der Waals surface area contributed by atoms with Gasteiger partial charge in [-0.15, -0.1) is 0 Å². The van der Waals surface area contributed by atoms with E-state index in [9.17, 15) is 4.79 Å². The summed E-state index contributed by atoms with van der Waals surface area (Å²) in [7, 11) is 0. The van der Waals surface area contributed by atoms with Crippen LogP contribution in [0.4, 0.5) is 5.69 Å². The molecular weight excluding hydrogens is 336 g/mol. The lowest BCUT2D eigenvalue weighted by Gasteiger charge is -2.15. The molecule has 0 aliphatic heterocycles. The van der Waals surface area contributed by atoms with Crippen molar-refractivity contribution in [3.05, 3.63) is 83.9 Å². The number of nitriles is 1. The van der Waals surface area contributed by atoms with Crippen molar-refractivity contribution in [3.63, 3.8) is 0 Å². The van der Waals surface area contributed by atoms with Gasteiger partial charge in [0, 0.05) is 5.69 Å². The third-order valence-corrected chi connectivity index (χ3v) is 4.17. The summed E-state index contributed by atoms with van der Waals surface area (Å²) in [5.74, 6) is 0.427. The van der Waals surface area contributed by atoms with E-state index in [1.54, 1.807) is 19.1 Å². The van der Waals surface area contributed by atoms with Crippen molar-refractivity contribution in [2.75, 3.05) is 5.32 Å². The Morgan fingerprint density at radius 3 is 2.22 bits per heavy atom. The first-order valence-electron chi connectivity index (χ1n) is 8.70. The molecule has 0 radical (unpaired) electrons. The molecule has 3 rings (SSSR count). The Hall–Kier alpha value is -3.58. The molecular formula is C23H20N2O2. The number of carbonyl (C=O) groups is 1. The van der Waals surface area contributed by atoms with Crippen LogP contribution < -0.4 is 10.1 Å². The fraction of sp³-hybridized carbons (Fsp3) is 0.130. The Bertz CT molecular complexity index is 971. The molecule has 0 aromatic heterocycles. The van der Waals surface area contributed by atoms with Gasteiger partial charge >= 0.3 is 0 Å². The number of rotatable bonds is 5.